The summed E-state index contributed by atoms with van der Waals surface area (Å²) >= 11 is 0. The number of hydrogen-bond donors (Lipinski definition) is 0. The Morgan fingerprint density at radius 1 is 1.19 bits per heavy atom. The molecule has 2 nitrogen and oxygen atoms in total. The Kier molecular flexibility index (Phi) is 2.52. The van der Waals surface area contributed by atoms with Crippen molar-refractivity contribution in [2.75, 3.05) is 0 Å². The fourth-order valence-electron chi connectivity index (χ4n) is 3.16. The molecule has 2 unspecified atom stereocenters. The van der Waals surface area contributed by atoms with Gasteiger partial charge in [-0.3, -0.25) is 9.88 Å². The quantitative estimate of drug-likeness (QED) is 0.704. The van der Waals surface area contributed by atoms with Gasteiger partial charge in [0.05, 0.1) is 0 Å². The van der Waals surface area contributed by atoms with Gasteiger partial charge >= 0.3 is 0 Å². The summed E-state index contributed by atoms with van der Waals surface area (Å²) < 4.78 is 0. The molecule has 0 spiro atoms. The first-order chi connectivity index (χ1) is 7.83. The van der Waals surface area contributed by atoms with Crippen LogP contribution in [0.2, 0.25) is 0 Å². The van der Waals surface area contributed by atoms with E-state index >= 15 is 0 Å². The lowest BCUT2D eigenvalue weighted by Gasteiger charge is -2.35. The van der Waals surface area contributed by atoms with Gasteiger partial charge in [-0.2, -0.15) is 0 Å². The van der Waals surface area contributed by atoms with E-state index in [1.54, 1.807) is 0 Å². The van der Waals surface area contributed by atoms with Crippen molar-refractivity contribution in [2.45, 2.75) is 44.3 Å². The van der Waals surface area contributed by atoms with Crippen LogP contribution >= 0.6 is 0 Å². The molecule has 2 bridgehead atoms. The molecule has 3 heterocycles. The standard InChI is InChI=1S/C14H18N2/c1-11-8-13-2-3-14(9-11)16(13)10-12-4-6-15-7-5-12/h4-7,13-14H,1-3,8-10H2. The maximum atomic E-state index is 4.16. The molecule has 0 amide bonds. The maximum Gasteiger partial charge on any atom is 0.0271 e. The molecule has 0 radical (unpaired) electrons. The number of piperidine rings is 1. The van der Waals surface area contributed by atoms with Gasteiger partial charge in [0.2, 0.25) is 0 Å². The Morgan fingerprint density at radius 2 is 1.81 bits per heavy atom. The van der Waals surface area contributed by atoms with Gasteiger partial charge in [-0.25, -0.2) is 0 Å². The average molecular weight is 214 g/mol. The molecule has 2 fully saturated rings. The van der Waals surface area contributed by atoms with Gasteiger partial charge in [-0.05, 0) is 43.4 Å². The van der Waals surface area contributed by atoms with E-state index in [2.05, 4.69) is 28.6 Å². The first-order valence-corrected chi connectivity index (χ1v) is 6.14. The first kappa shape index (κ1) is 10.0. The smallest absolute Gasteiger partial charge is 0.0271 e. The molecular formula is C14H18N2. The summed E-state index contributed by atoms with van der Waals surface area (Å²) in [4.78, 5) is 6.74. The summed E-state index contributed by atoms with van der Waals surface area (Å²) in [6.07, 6.45) is 8.91. The lowest BCUT2D eigenvalue weighted by atomic mass is 9.98. The Balaban J connectivity index is 1.75. The van der Waals surface area contributed by atoms with Crippen molar-refractivity contribution in [2.24, 2.45) is 0 Å². The van der Waals surface area contributed by atoms with Crippen LogP contribution in [0, 0.1) is 0 Å². The molecule has 2 aliphatic rings. The van der Waals surface area contributed by atoms with Crippen LogP contribution in [0.1, 0.15) is 31.2 Å². The molecule has 0 aromatic carbocycles. The summed E-state index contributed by atoms with van der Waals surface area (Å²) in [5, 5.41) is 0. The number of aromatic nitrogens is 1. The van der Waals surface area contributed by atoms with Crippen molar-refractivity contribution in [1.82, 2.24) is 9.88 Å². The predicted octanol–water partition coefficient (Wildman–Crippen LogP) is 2.76. The summed E-state index contributed by atoms with van der Waals surface area (Å²) in [6.45, 7) is 5.25. The SMILES string of the molecule is C=C1CC2CCC(C1)N2Cc1ccncc1. The summed E-state index contributed by atoms with van der Waals surface area (Å²) in [7, 11) is 0. The van der Waals surface area contributed by atoms with E-state index in [1.807, 2.05) is 12.4 Å². The predicted molar refractivity (Wildman–Crippen MR) is 65.0 cm³/mol. The Labute approximate surface area is 97.0 Å². The lowest BCUT2D eigenvalue weighted by molar-refractivity contribution is 0.157. The zero-order valence-corrected chi connectivity index (χ0v) is 9.60. The second-order valence-electron chi connectivity index (χ2n) is 5.07. The molecule has 2 aliphatic heterocycles. The molecule has 2 atom stereocenters. The second kappa shape index (κ2) is 4.02. The van der Waals surface area contributed by atoms with Crippen molar-refractivity contribution >= 4 is 0 Å². The maximum absolute atomic E-state index is 4.16. The van der Waals surface area contributed by atoms with Crippen molar-refractivity contribution in [3.63, 3.8) is 0 Å². The van der Waals surface area contributed by atoms with Gasteiger partial charge < -0.3 is 0 Å². The van der Waals surface area contributed by atoms with Crippen LogP contribution in [0.25, 0.3) is 0 Å². The van der Waals surface area contributed by atoms with E-state index in [1.165, 1.54) is 36.8 Å². The topological polar surface area (TPSA) is 16.1 Å². The number of nitrogens with zero attached hydrogens (tertiary/aromatic N) is 2. The summed E-state index contributed by atoms with van der Waals surface area (Å²) in [5.41, 5.74) is 2.85. The fraction of sp³-hybridized carbons (Fsp3) is 0.500. The fourth-order valence-corrected chi connectivity index (χ4v) is 3.16. The van der Waals surface area contributed by atoms with Crippen LogP contribution < -0.4 is 0 Å². The van der Waals surface area contributed by atoms with Gasteiger partial charge in [0.25, 0.3) is 0 Å². The first-order valence-electron chi connectivity index (χ1n) is 6.14. The largest absolute Gasteiger partial charge is 0.293 e. The van der Waals surface area contributed by atoms with Gasteiger partial charge in [0, 0.05) is 31.0 Å². The van der Waals surface area contributed by atoms with Crippen LogP contribution in [-0.4, -0.2) is 22.0 Å². The molecule has 0 saturated carbocycles. The number of pyridine rings is 1. The van der Waals surface area contributed by atoms with Crippen LogP contribution in [-0.2, 0) is 6.54 Å². The second-order valence-corrected chi connectivity index (χ2v) is 5.07. The van der Waals surface area contributed by atoms with Crippen molar-refractivity contribution in [1.29, 1.82) is 0 Å². The highest BCUT2D eigenvalue weighted by molar-refractivity contribution is 5.15. The van der Waals surface area contributed by atoms with E-state index < -0.39 is 0 Å². The highest BCUT2D eigenvalue weighted by Crippen LogP contribution is 2.38. The van der Waals surface area contributed by atoms with Crippen molar-refractivity contribution in [3.8, 4) is 0 Å². The average Bonchev–Trinajstić information content (AvgIpc) is 2.54. The van der Waals surface area contributed by atoms with Crippen molar-refractivity contribution in [3.05, 3.63) is 42.2 Å². The Hall–Kier alpha value is -1.15. The minimum atomic E-state index is 0.749. The molecule has 0 aliphatic carbocycles. The normalized spacial score (nSPS) is 29.6. The van der Waals surface area contributed by atoms with Gasteiger partial charge in [0.15, 0.2) is 0 Å². The molecule has 2 saturated heterocycles. The number of fused-ring (bicyclic) bond motifs is 2. The number of rotatable bonds is 2. The molecule has 2 heteroatoms. The van der Waals surface area contributed by atoms with E-state index in [0.29, 0.717) is 0 Å². The van der Waals surface area contributed by atoms with E-state index in [9.17, 15) is 0 Å². The number of hydrogen-bond acceptors (Lipinski definition) is 2. The third kappa shape index (κ3) is 1.78. The highest BCUT2D eigenvalue weighted by atomic mass is 15.2. The summed E-state index contributed by atoms with van der Waals surface area (Å²) in [5.74, 6) is 0. The molecule has 84 valence electrons. The zero-order chi connectivity index (χ0) is 11.0. The van der Waals surface area contributed by atoms with Crippen LogP contribution in [0.3, 0.4) is 0 Å². The van der Waals surface area contributed by atoms with Crippen LogP contribution in [0.5, 0.6) is 0 Å². The Morgan fingerprint density at radius 3 is 2.44 bits per heavy atom. The van der Waals surface area contributed by atoms with Gasteiger partial charge in [0.1, 0.15) is 0 Å². The minimum absolute atomic E-state index is 0.749. The molecule has 1 aromatic heterocycles. The third-order valence-corrected chi connectivity index (χ3v) is 3.93. The van der Waals surface area contributed by atoms with E-state index in [4.69, 9.17) is 0 Å². The summed E-state index contributed by atoms with van der Waals surface area (Å²) in [6, 6.07) is 5.75. The van der Waals surface area contributed by atoms with Gasteiger partial charge in [-0.15, -0.1) is 0 Å². The molecular weight excluding hydrogens is 196 g/mol. The Bertz CT molecular complexity index is 369. The monoisotopic (exact) mass is 214 g/mol. The van der Waals surface area contributed by atoms with E-state index in [0.717, 1.165) is 18.6 Å². The van der Waals surface area contributed by atoms with Crippen molar-refractivity contribution < 1.29 is 0 Å². The molecule has 0 N–H and O–H groups in total. The molecule has 16 heavy (non-hydrogen) atoms. The van der Waals surface area contributed by atoms with Crippen LogP contribution in [0.15, 0.2) is 36.7 Å². The minimum Gasteiger partial charge on any atom is -0.293 e. The molecule has 1 aromatic rings. The van der Waals surface area contributed by atoms with Gasteiger partial charge in [-0.1, -0.05) is 12.2 Å². The van der Waals surface area contributed by atoms with E-state index in [-0.39, 0.29) is 0 Å². The zero-order valence-electron chi connectivity index (χ0n) is 9.60. The molecule has 3 rings (SSSR count). The lowest BCUT2D eigenvalue weighted by Crippen LogP contribution is -2.39. The highest BCUT2D eigenvalue weighted by Gasteiger charge is 2.37. The third-order valence-electron chi connectivity index (χ3n) is 3.93. The van der Waals surface area contributed by atoms with Crippen LogP contribution in [0.4, 0.5) is 0 Å².